The van der Waals surface area contributed by atoms with E-state index in [1.807, 2.05) is 43.1 Å². The van der Waals surface area contributed by atoms with Gasteiger partial charge in [-0.1, -0.05) is 5.16 Å². The van der Waals surface area contributed by atoms with Crippen molar-refractivity contribution in [3.05, 3.63) is 65.8 Å². The van der Waals surface area contributed by atoms with Crippen LogP contribution >= 0.6 is 0 Å². The van der Waals surface area contributed by atoms with Crippen molar-refractivity contribution in [1.29, 1.82) is 0 Å². The quantitative estimate of drug-likeness (QED) is 0.281. The maximum Gasteiger partial charge on any atom is 0.243 e. The third-order valence-corrected chi connectivity index (χ3v) is 10.8. The van der Waals surface area contributed by atoms with Crippen LogP contribution in [-0.2, 0) is 27.8 Å². The summed E-state index contributed by atoms with van der Waals surface area (Å²) in [4.78, 5) is 20.2. The topological polar surface area (TPSA) is 138 Å². The molecule has 6 rings (SSSR count). The zero-order valence-corrected chi connectivity index (χ0v) is 29.0. The van der Waals surface area contributed by atoms with Crippen LogP contribution in [0.15, 0.2) is 58.2 Å². The summed E-state index contributed by atoms with van der Waals surface area (Å²) < 4.78 is 59.9. The Labute approximate surface area is 286 Å². The van der Waals surface area contributed by atoms with Gasteiger partial charge in [-0.3, -0.25) is 4.79 Å². The monoisotopic (exact) mass is 693 g/mol. The number of rotatable bonds is 6. The van der Waals surface area contributed by atoms with E-state index in [1.165, 1.54) is 10.4 Å². The molecule has 262 valence electrons. The molecule has 0 unspecified atom stereocenters. The summed E-state index contributed by atoms with van der Waals surface area (Å²) in [5, 5.41) is 4.03. The highest BCUT2D eigenvalue weighted by molar-refractivity contribution is 7.89. The lowest BCUT2D eigenvalue weighted by Gasteiger charge is -2.26. The number of aromatic nitrogens is 3. The fourth-order valence-corrected chi connectivity index (χ4v) is 7.73. The van der Waals surface area contributed by atoms with E-state index < -0.39 is 10.0 Å². The Balaban J connectivity index is 1.26. The average molecular weight is 694 g/mol. The molecule has 0 saturated carbocycles. The van der Waals surface area contributed by atoms with Crippen molar-refractivity contribution in [3.8, 4) is 34.4 Å². The van der Waals surface area contributed by atoms with Crippen LogP contribution in [0.2, 0.25) is 0 Å². The molecule has 14 heteroatoms. The first-order chi connectivity index (χ1) is 23.7. The summed E-state index contributed by atoms with van der Waals surface area (Å²) in [5.74, 6) is 3.47. The normalized spacial score (nSPS) is 16.3. The Morgan fingerprint density at radius 1 is 0.878 bits per heavy atom. The van der Waals surface area contributed by atoms with Crippen LogP contribution in [0.5, 0.6) is 23.0 Å². The first-order valence-corrected chi connectivity index (χ1v) is 18.1. The minimum atomic E-state index is -3.93. The number of benzene rings is 2. The van der Waals surface area contributed by atoms with Crippen molar-refractivity contribution < 1.29 is 36.7 Å². The average Bonchev–Trinajstić information content (AvgIpc) is 3.71. The number of methoxy groups -OCH3 is 1. The first kappa shape index (κ1) is 34.3. The lowest BCUT2D eigenvalue weighted by molar-refractivity contribution is -0.131. The predicted octanol–water partition coefficient (Wildman–Crippen LogP) is 4.65. The van der Waals surface area contributed by atoms with E-state index >= 15 is 0 Å². The number of nitrogens with zero attached hydrogens (tertiary/aromatic N) is 5. The maximum absolute atomic E-state index is 14.1. The number of imidazole rings is 1. The molecule has 2 bridgehead atoms. The molecule has 2 aliphatic heterocycles. The largest absolute Gasteiger partial charge is 0.493 e. The highest BCUT2D eigenvalue weighted by Gasteiger charge is 2.27. The zero-order chi connectivity index (χ0) is 34.4. The third-order valence-electron chi connectivity index (χ3n) is 8.92. The Hall–Kier alpha value is -4.56. The lowest BCUT2D eigenvalue weighted by atomic mass is 10.1. The summed E-state index contributed by atoms with van der Waals surface area (Å²) in [7, 11) is -2.36. The predicted molar refractivity (Wildman–Crippen MR) is 181 cm³/mol. The molecular weight excluding hydrogens is 650 g/mol. The van der Waals surface area contributed by atoms with Gasteiger partial charge in [-0.25, -0.2) is 13.4 Å². The third kappa shape index (κ3) is 7.86. The summed E-state index contributed by atoms with van der Waals surface area (Å²) in [6, 6.07) is 10.3. The van der Waals surface area contributed by atoms with Gasteiger partial charge in [0.1, 0.15) is 31.4 Å². The van der Waals surface area contributed by atoms with Gasteiger partial charge in [0.15, 0.2) is 23.0 Å². The summed E-state index contributed by atoms with van der Waals surface area (Å²) >= 11 is 0. The van der Waals surface area contributed by atoms with Gasteiger partial charge in [0.2, 0.25) is 15.9 Å². The molecule has 1 amide bonds. The van der Waals surface area contributed by atoms with Crippen LogP contribution in [0.1, 0.15) is 42.7 Å². The van der Waals surface area contributed by atoms with Crippen LogP contribution in [0.4, 0.5) is 0 Å². The van der Waals surface area contributed by atoms with E-state index in [2.05, 4.69) is 14.7 Å². The lowest BCUT2D eigenvalue weighted by Crippen LogP contribution is -2.37. The van der Waals surface area contributed by atoms with Crippen molar-refractivity contribution in [1.82, 2.24) is 23.9 Å². The highest BCUT2D eigenvalue weighted by Crippen LogP contribution is 2.34. The molecule has 2 aromatic carbocycles. The maximum atomic E-state index is 14.1. The number of hydrogen-bond donors (Lipinski definition) is 0. The van der Waals surface area contributed by atoms with Crippen LogP contribution in [-0.4, -0.2) is 91.3 Å². The second kappa shape index (κ2) is 15.3. The molecule has 0 spiro atoms. The van der Waals surface area contributed by atoms with Gasteiger partial charge >= 0.3 is 0 Å². The van der Waals surface area contributed by atoms with E-state index in [9.17, 15) is 13.2 Å². The number of hydrogen-bond acceptors (Lipinski definition) is 10. The Morgan fingerprint density at radius 2 is 1.65 bits per heavy atom. The smallest absolute Gasteiger partial charge is 0.243 e. The number of fused-ring (bicyclic) bond motifs is 5. The van der Waals surface area contributed by atoms with Gasteiger partial charge in [-0.15, -0.1) is 0 Å². The number of aryl methyl sites for hydroxylation is 3. The molecular formula is C35H43N5O8S. The molecule has 0 radical (unpaired) electrons. The van der Waals surface area contributed by atoms with Crippen LogP contribution in [0.25, 0.3) is 11.4 Å². The Bertz CT molecular complexity index is 1850. The highest BCUT2D eigenvalue weighted by atomic mass is 32.2. The number of ether oxygens (including phenoxy) is 4. The Morgan fingerprint density at radius 3 is 2.45 bits per heavy atom. The number of carbonyl (C=O) groups is 1. The molecule has 2 aromatic heterocycles. The molecule has 2 aliphatic rings. The molecule has 13 nitrogen and oxygen atoms in total. The van der Waals surface area contributed by atoms with Crippen LogP contribution in [0.3, 0.4) is 0 Å². The van der Waals surface area contributed by atoms with E-state index in [4.69, 9.17) is 23.5 Å². The van der Waals surface area contributed by atoms with Gasteiger partial charge in [0.25, 0.3) is 0 Å². The van der Waals surface area contributed by atoms with E-state index in [1.54, 1.807) is 25.4 Å². The molecule has 0 saturated heterocycles. The molecule has 0 fully saturated rings. The van der Waals surface area contributed by atoms with Gasteiger partial charge in [-0.05, 0) is 69.9 Å². The molecule has 0 atom stereocenters. The van der Waals surface area contributed by atoms with Crippen molar-refractivity contribution in [2.75, 3.05) is 53.1 Å². The van der Waals surface area contributed by atoms with Crippen molar-refractivity contribution in [2.24, 2.45) is 0 Å². The zero-order valence-electron chi connectivity index (χ0n) is 28.2. The number of amides is 1. The molecule has 4 heterocycles. The standard InChI is InChI=1S/C35H43N5O8S/c1-25-29(26(2)48-37-25)9-12-34(41)38-14-4-5-17-40(49(42,43)28-8-11-31-33(24-28)47-22-21-46-31)19-20-45-32-23-27(7-10-30(32)44-3)35-36-13-18-39(35)16-6-15-38/h7-8,10-11,13,18,23-24H,4-6,9,12,14-17,19-22H2,1-3H3. The number of carbonyl (C=O) groups excluding carboxylic acids is 1. The van der Waals surface area contributed by atoms with Crippen molar-refractivity contribution in [3.63, 3.8) is 0 Å². The van der Waals surface area contributed by atoms with Gasteiger partial charge in [0.05, 0.1) is 17.7 Å². The molecule has 49 heavy (non-hydrogen) atoms. The van der Waals surface area contributed by atoms with E-state index in [-0.39, 0.29) is 30.5 Å². The fourth-order valence-electron chi connectivity index (χ4n) is 6.25. The van der Waals surface area contributed by atoms with Crippen molar-refractivity contribution >= 4 is 15.9 Å². The fraction of sp³-hybridized carbons (Fsp3) is 0.457. The van der Waals surface area contributed by atoms with Gasteiger partial charge < -0.3 is 32.9 Å². The SMILES string of the molecule is COc1ccc2cc1OCCN(S(=O)(=O)c1ccc3c(c1)OCCO3)CCCCN(C(=O)CCc1c(C)noc1C)CCCn1ccnc1-2. The molecule has 0 aliphatic carbocycles. The Kier molecular flexibility index (Phi) is 10.7. The summed E-state index contributed by atoms with van der Waals surface area (Å²) in [5.41, 5.74) is 2.59. The molecule has 0 N–H and O–H groups in total. The van der Waals surface area contributed by atoms with Crippen LogP contribution in [0, 0.1) is 13.8 Å². The summed E-state index contributed by atoms with van der Waals surface area (Å²) in [6.45, 7) is 6.65. The minimum absolute atomic E-state index is 0.0396. The van der Waals surface area contributed by atoms with Gasteiger partial charge in [0, 0.05) is 68.7 Å². The summed E-state index contributed by atoms with van der Waals surface area (Å²) in [6.07, 6.45) is 6.44. The van der Waals surface area contributed by atoms with Crippen LogP contribution < -0.4 is 18.9 Å². The van der Waals surface area contributed by atoms with E-state index in [0.29, 0.717) is 88.0 Å². The minimum Gasteiger partial charge on any atom is -0.493 e. The first-order valence-electron chi connectivity index (χ1n) is 16.7. The number of sulfonamides is 1. The van der Waals surface area contributed by atoms with E-state index in [0.717, 1.165) is 28.4 Å². The second-order valence-electron chi connectivity index (χ2n) is 12.1. The van der Waals surface area contributed by atoms with Gasteiger partial charge in [-0.2, -0.15) is 4.31 Å². The molecule has 4 aromatic rings. The second-order valence-corrected chi connectivity index (χ2v) is 14.0. The van der Waals surface area contributed by atoms with Crippen molar-refractivity contribution in [2.45, 2.75) is 57.4 Å².